The SMILES string of the molecule is CCOC(=O)N=S(C)(=O)c1ccc(Nc2ncc(-c3ccccc3)c(N[C@H](C)CO)n2)cc1. The molecule has 0 aliphatic heterocycles. The Morgan fingerprint density at radius 3 is 2.52 bits per heavy atom. The van der Waals surface area contributed by atoms with Crippen LogP contribution in [0, 0.1) is 0 Å². The zero-order valence-corrected chi connectivity index (χ0v) is 19.5. The Labute approximate surface area is 193 Å². The van der Waals surface area contributed by atoms with Crippen molar-refractivity contribution in [2.75, 3.05) is 30.1 Å². The van der Waals surface area contributed by atoms with Gasteiger partial charge < -0.3 is 20.5 Å². The third-order valence-corrected chi connectivity index (χ3v) is 6.24. The molecule has 1 aromatic heterocycles. The molecule has 0 fully saturated rings. The highest BCUT2D eigenvalue weighted by Gasteiger charge is 2.13. The van der Waals surface area contributed by atoms with Gasteiger partial charge in [0.15, 0.2) is 0 Å². The molecule has 2 atom stereocenters. The number of anilines is 3. The van der Waals surface area contributed by atoms with Crippen LogP contribution in [0.15, 0.2) is 70.1 Å². The van der Waals surface area contributed by atoms with Crippen molar-refractivity contribution in [3.63, 3.8) is 0 Å². The van der Waals surface area contributed by atoms with E-state index in [4.69, 9.17) is 4.74 Å². The number of carbonyl (C=O) groups is 1. The number of rotatable bonds is 8. The van der Waals surface area contributed by atoms with E-state index < -0.39 is 15.8 Å². The maximum atomic E-state index is 12.7. The maximum absolute atomic E-state index is 12.7. The summed E-state index contributed by atoms with van der Waals surface area (Å²) >= 11 is 0. The first-order valence-electron chi connectivity index (χ1n) is 10.4. The number of aromatic nitrogens is 2. The molecule has 2 aromatic carbocycles. The monoisotopic (exact) mass is 469 g/mol. The molecule has 174 valence electrons. The summed E-state index contributed by atoms with van der Waals surface area (Å²) in [6, 6.07) is 16.2. The number of hydrogen-bond acceptors (Lipinski definition) is 8. The van der Waals surface area contributed by atoms with Gasteiger partial charge in [-0.25, -0.2) is 14.0 Å². The van der Waals surface area contributed by atoms with Crippen LogP contribution >= 0.6 is 0 Å². The molecular formula is C23H27N5O4S. The van der Waals surface area contributed by atoms with Crippen molar-refractivity contribution in [3.05, 3.63) is 60.8 Å². The highest BCUT2D eigenvalue weighted by molar-refractivity contribution is 7.93. The number of hydrogen-bond donors (Lipinski definition) is 3. The molecule has 1 unspecified atom stereocenters. The number of amides is 1. The zero-order valence-electron chi connectivity index (χ0n) is 18.7. The van der Waals surface area contributed by atoms with Crippen LogP contribution in [0.1, 0.15) is 13.8 Å². The lowest BCUT2D eigenvalue weighted by Crippen LogP contribution is -2.21. The third kappa shape index (κ3) is 6.50. The molecule has 0 aliphatic rings. The predicted molar refractivity (Wildman–Crippen MR) is 129 cm³/mol. The van der Waals surface area contributed by atoms with Gasteiger partial charge in [0, 0.05) is 34.6 Å². The summed E-state index contributed by atoms with van der Waals surface area (Å²) in [6.07, 6.45) is 2.25. The number of nitrogens with zero attached hydrogens (tertiary/aromatic N) is 3. The molecule has 3 rings (SSSR count). The molecule has 9 nitrogen and oxygen atoms in total. The third-order valence-electron chi connectivity index (χ3n) is 4.59. The molecule has 10 heteroatoms. The quantitative estimate of drug-likeness (QED) is 0.446. The molecule has 0 spiro atoms. The standard InChI is InChI=1S/C23H27N5O4S/c1-4-32-23(30)28-33(3,31)19-12-10-18(11-13-19)26-22-24-14-20(17-8-6-5-7-9-17)21(27-22)25-16(2)15-29/h5-14,16,29H,4,15H2,1-3H3,(H2,24,25,26,27)/t16-,33?/m1/s1. The van der Waals surface area contributed by atoms with E-state index in [0.29, 0.717) is 22.3 Å². The van der Waals surface area contributed by atoms with Gasteiger partial charge in [0.25, 0.3) is 0 Å². The lowest BCUT2D eigenvalue weighted by atomic mass is 10.1. The summed E-state index contributed by atoms with van der Waals surface area (Å²) in [6.45, 7) is 3.63. The van der Waals surface area contributed by atoms with Crippen LogP contribution in [-0.2, 0) is 14.5 Å². The fourth-order valence-electron chi connectivity index (χ4n) is 2.92. The van der Waals surface area contributed by atoms with E-state index in [2.05, 4.69) is 25.0 Å². The number of aliphatic hydroxyl groups excluding tert-OH is 1. The van der Waals surface area contributed by atoms with Crippen LogP contribution in [0.4, 0.5) is 22.2 Å². The first kappa shape index (κ1) is 24.1. The van der Waals surface area contributed by atoms with Crippen molar-refractivity contribution in [2.45, 2.75) is 24.8 Å². The van der Waals surface area contributed by atoms with Gasteiger partial charge in [-0.15, -0.1) is 4.36 Å². The zero-order chi connectivity index (χ0) is 23.8. The molecule has 0 radical (unpaired) electrons. The molecule has 0 saturated carbocycles. The Morgan fingerprint density at radius 1 is 1.18 bits per heavy atom. The Morgan fingerprint density at radius 2 is 1.88 bits per heavy atom. The van der Waals surface area contributed by atoms with E-state index in [1.165, 1.54) is 6.26 Å². The van der Waals surface area contributed by atoms with Crippen LogP contribution in [0.25, 0.3) is 11.1 Å². The highest BCUT2D eigenvalue weighted by Crippen LogP contribution is 2.28. The minimum atomic E-state index is -2.92. The molecule has 3 N–H and O–H groups in total. The highest BCUT2D eigenvalue weighted by atomic mass is 32.2. The second-order valence-electron chi connectivity index (χ2n) is 7.29. The lowest BCUT2D eigenvalue weighted by Gasteiger charge is -2.16. The average molecular weight is 470 g/mol. The first-order chi connectivity index (χ1) is 15.8. The molecule has 1 amide bonds. The molecule has 1 heterocycles. The van der Waals surface area contributed by atoms with Gasteiger partial charge in [-0.05, 0) is 43.7 Å². The number of carbonyl (C=O) groups excluding carboxylic acids is 1. The largest absolute Gasteiger partial charge is 0.448 e. The summed E-state index contributed by atoms with van der Waals surface area (Å²) in [7, 11) is -2.92. The van der Waals surface area contributed by atoms with E-state index in [1.54, 1.807) is 37.4 Å². The van der Waals surface area contributed by atoms with E-state index in [0.717, 1.165) is 11.1 Å². The summed E-state index contributed by atoms with van der Waals surface area (Å²) in [5.74, 6) is 0.935. The average Bonchev–Trinajstić information content (AvgIpc) is 2.80. The lowest BCUT2D eigenvalue weighted by molar-refractivity contribution is 0.164. The van der Waals surface area contributed by atoms with E-state index in [9.17, 15) is 14.1 Å². The molecule has 33 heavy (non-hydrogen) atoms. The van der Waals surface area contributed by atoms with E-state index in [-0.39, 0.29) is 19.3 Å². The smallest absolute Gasteiger partial charge is 0.442 e. The minimum absolute atomic E-state index is 0.0460. The predicted octanol–water partition coefficient (Wildman–Crippen LogP) is 4.29. The van der Waals surface area contributed by atoms with E-state index in [1.807, 2.05) is 37.3 Å². The molecule has 0 aliphatic carbocycles. The summed E-state index contributed by atoms with van der Waals surface area (Å²) in [5.41, 5.74) is 2.42. The summed E-state index contributed by atoms with van der Waals surface area (Å²) in [5, 5.41) is 15.8. The second kappa shape index (κ2) is 10.9. The molecule has 0 bridgehead atoms. The van der Waals surface area contributed by atoms with Crippen molar-refractivity contribution in [3.8, 4) is 11.1 Å². The van der Waals surface area contributed by atoms with Gasteiger partial charge in [-0.1, -0.05) is 30.3 Å². The Balaban J connectivity index is 1.85. The van der Waals surface area contributed by atoms with Crippen LogP contribution in [0.3, 0.4) is 0 Å². The number of nitrogens with one attached hydrogen (secondary N) is 2. The van der Waals surface area contributed by atoms with Crippen LogP contribution in [0.2, 0.25) is 0 Å². The maximum Gasteiger partial charge on any atom is 0.442 e. The molecule has 0 saturated heterocycles. The van der Waals surface area contributed by atoms with Crippen molar-refractivity contribution in [1.29, 1.82) is 0 Å². The van der Waals surface area contributed by atoms with Gasteiger partial charge >= 0.3 is 6.09 Å². The molecule has 3 aromatic rings. The Bertz CT molecular complexity index is 1210. The van der Waals surface area contributed by atoms with Crippen molar-refractivity contribution in [2.24, 2.45) is 4.36 Å². The van der Waals surface area contributed by atoms with Crippen LogP contribution < -0.4 is 10.6 Å². The number of aliphatic hydroxyl groups is 1. The summed E-state index contributed by atoms with van der Waals surface area (Å²) < 4.78 is 21.2. The van der Waals surface area contributed by atoms with Gasteiger partial charge in [0.2, 0.25) is 5.95 Å². The van der Waals surface area contributed by atoms with Crippen molar-refractivity contribution in [1.82, 2.24) is 9.97 Å². The van der Waals surface area contributed by atoms with Crippen LogP contribution in [0.5, 0.6) is 0 Å². The minimum Gasteiger partial charge on any atom is -0.448 e. The first-order valence-corrected chi connectivity index (χ1v) is 12.3. The summed E-state index contributed by atoms with van der Waals surface area (Å²) in [4.78, 5) is 21.0. The van der Waals surface area contributed by atoms with Gasteiger partial charge in [-0.2, -0.15) is 4.98 Å². The van der Waals surface area contributed by atoms with Gasteiger partial charge in [-0.3, -0.25) is 0 Å². The fourth-order valence-corrected chi connectivity index (χ4v) is 4.01. The van der Waals surface area contributed by atoms with Gasteiger partial charge in [0.05, 0.1) is 22.9 Å². The molecular weight excluding hydrogens is 442 g/mol. The number of benzene rings is 2. The Hall–Kier alpha value is -3.50. The van der Waals surface area contributed by atoms with Gasteiger partial charge in [0.1, 0.15) is 5.82 Å². The topological polar surface area (TPSA) is 126 Å². The van der Waals surface area contributed by atoms with Crippen molar-refractivity contribution >= 4 is 33.3 Å². The fraction of sp³-hybridized carbons (Fsp3) is 0.261. The van der Waals surface area contributed by atoms with Crippen LogP contribution in [-0.4, -0.2) is 50.9 Å². The Kier molecular flexibility index (Phi) is 7.96. The second-order valence-corrected chi connectivity index (χ2v) is 9.55. The normalized spacial score (nSPS) is 13.5. The number of ether oxygens (including phenoxy) is 1. The van der Waals surface area contributed by atoms with Crippen molar-refractivity contribution < 1.29 is 18.8 Å². The van der Waals surface area contributed by atoms with E-state index >= 15 is 0 Å².